The van der Waals surface area contributed by atoms with E-state index in [9.17, 15) is 39.0 Å². The largest absolute Gasteiger partial charge is 0.458 e. The van der Waals surface area contributed by atoms with Crippen molar-refractivity contribution in [2.24, 2.45) is 29.1 Å². The van der Waals surface area contributed by atoms with Crippen LogP contribution in [0.15, 0.2) is 54.6 Å². The van der Waals surface area contributed by atoms with Gasteiger partial charge >= 0.3 is 29.8 Å². The van der Waals surface area contributed by atoms with Crippen LogP contribution < -0.4 is 0 Å². The van der Waals surface area contributed by atoms with Crippen molar-refractivity contribution >= 4 is 35.6 Å². The number of hydrogen-bond donors (Lipinski definition) is 2. The molecule has 0 radical (unpaired) electrons. The first-order chi connectivity index (χ1) is 25.0. The average Bonchev–Trinajstić information content (AvgIpc) is 3.34. The van der Waals surface area contributed by atoms with Crippen molar-refractivity contribution in [3.05, 3.63) is 60.2 Å². The van der Waals surface area contributed by atoms with Gasteiger partial charge in [-0.25, -0.2) is 4.79 Å². The Bertz CT molecular complexity index is 1620. The fourth-order valence-corrected chi connectivity index (χ4v) is 7.03. The van der Waals surface area contributed by atoms with Gasteiger partial charge in [-0.3, -0.25) is 24.0 Å². The zero-order valence-corrected chi connectivity index (χ0v) is 33.0. The summed E-state index contributed by atoms with van der Waals surface area (Å²) in [7, 11) is 0. The number of esters is 5. The van der Waals surface area contributed by atoms with Crippen LogP contribution >= 0.6 is 0 Å². The number of fused-ring (bicyclic) bond motifs is 1. The normalized spacial score (nSPS) is 32.7. The van der Waals surface area contributed by atoms with E-state index >= 15 is 0 Å². The van der Waals surface area contributed by atoms with Crippen LogP contribution in [0, 0.1) is 29.1 Å². The van der Waals surface area contributed by atoms with E-state index in [1.54, 1.807) is 65.8 Å². The second-order valence-electron chi connectivity index (χ2n) is 15.5. The van der Waals surface area contributed by atoms with Gasteiger partial charge in [0.05, 0.1) is 29.4 Å². The number of rotatable bonds is 10. The molecule has 0 amide bonds. The summed E-state index contributed by atoms with van der Waals surface area (Å²) in [6.07, 6.45) is -5.39. The lowest BCUT2D eigenvalue weighted by atomic mass is 9.72. The third-order valence-corrected chi connectivity index (χ3v) is 10.6. The van der Waals surface area contributed by atoms with Crippen molar-refractivity contribution in [1.82, 2.24) is 0 Å². The molecule has 1 saturated carbocycles. The van der Waals surface area contributed by atoms with E-state index in [2.05, 4.69) is 6.58 Å². The molecule has 11 atom stereocenters. The van der Waals surface area contributed by atoms with Crippen LogP contribution in [0.25, 0.3) is 0 Å². The molecule has 13 nitrogen and oxygen atoms in total. The minimum Gasteiger partial charge on any atom is -0.458 e. The first kappa shape index (κ1) is 44.0. The van der Waals surface area contributed by atoms with Crippen molar-refractivity contribution in [2.45, 2.75) is 130 Å². The summed E-state index contributed by atoms with van der Waals surface area (Å²) in [5.74, 6) is -8.95. The van der Waals surface area contributed by atoms with Crippen LogP contribution in [0.3, 0.4) is 0 Å². The Balaban J connectivity index is 2.40. The fraction of sp³-hybridized carbons (Fsp3) is 0.610. The van der Waals surface area contributed by atoms with Gasteiger partial charge in [0, 0.05) is 31.6 Å². The van der Waals surface area contributed by atoms with E-state index in [-0.39, 0.29) is 11.1 Å². The number of Topliss-reactive ketones (excluding diaryl/α,β-unsaturated/α-hetero) is 1. The van der Waals surface area contributed by atoms with Gasteiger partial charge in [-0.05, 0) is 37.5 Å². The van der Waals surface area contributed by atoms with Crippen molar-refractivity contribution in [2.75, 3.05) is 0 Å². The number of ether oxygens (including phenoxy) is 5. The lowest BCUT2D eigenvalue weighted by molar-refractivity contribution is -0.191. The number of benzene rings is 1. The van der Waals surface area contributed by atoms with Crippen LogP contribution in [0.5, 0.6) is 0 Å². The maximum Gasteiger partial charge on any atom is 0.338 e. The third kappa shape index (κ3) is 9.46. The highest BCUT2D eigenvalue weighted by molar-refractivity contribution is 5.92. The first-order valence-electron chi connectivity index (χ1n) is 18.4. The first-order valence-corrected chi connectivity index (χ1v) is 18.4. The Morgan fingerprint density at radius 1 is 0.870 bits per heavy atom. The van der Waals surface area contributed by atoms with Crippen LogP contribution in [0.4, 0.5) is 0 Å². The highest BCUT2D eigenvalue weighted by Crippen LogP contribution is 2.52. The third-order valence-electron chi connectivity index (χ3n) is 10.6. The Labute approximate surface area is 317 Å². The van der Waals surface area contributed by atoms with Gasteiger partial charge in [-0.1, -0.05) is 85.4 Å². The summed E-state index contributed by atoms with van der Waals surface area (Å²) in [5.41, 5.74) is -5.95. The summed E-state index contributed by atoms with van der Waals surface area (Å²) >= 11 is 0. The number of aliphatic hydroxyl groups excluding tert-OH is 1. The molecule has 0 bridgehead atoms. The van der Waals surface area contributed by atoms with E-state index in [4.69, 9.17) is 23.7 Å². The maximum absolute atomic E-state index is 14.5. The molecule has 2 aliphatic carbocycles. The SMILES string of the molecule is C=C1[C@H](O)[C@H]2[C@@H](OC(=O)[C@H](C)CC)[C@](C)(OC(=O)[C@@H](C)CC)C[C@]2(O)C(=O)[C@@H](C)/C=C/C(C)(C)[C@H](OC(C)=O)[C@H](OC(=O)c2ccccc2)[C@H]1OC(C)=O. The lowest BCUT2D eigenvalue weighted by Crippen LogP contribution is -2.57. The van der Waals surface area contributed by atoms with Gasteiger partial charge in [0.2, 0.25) is 0 Å². The predicted octanol–water partition coefficient (Wildman–Crippen LogP) is 4.85. The van der Waals surface area contributed by atoms with Gasteiger partial charge in [0.1, 0.15) is 11.2 Å². The average molecular weight is 757 g/mol. The van der Waals surface area contributed by atoms with E-state index in [0.717, 1.165) is 13.8 Å². The predicted molar refractivity (Wildman–Crippen MR) is 195 cm³/mol. The summed E-state index contributed by atoms with van der Waals surface area (Å²) in [6, 6.07) is 7.86. The molecule has 2 N–H and O–H groups in total. The molecular weight excluding hydrogens is 700 g/mol. The molecule has 0 aromatic heterocycles. The molecule has 54 heavy (non-hydrogen) atoms. The Morgan fingerprint density at radius 2 is 1.43 bits per heavy atom. The molecule has 298 valence electrons. The number of carbonyl (C=O) groups excluding carboxylic acids is 6. The molecule has 0 unspecified atom stereocenters. The Morgan fingerprint density at radius 3 is 1.96 bits per heavy atom. The topological polar surface area (TPSA) is 189 Å². The molecule has 2 aliphatic rings. The monoisotopic (exact) mass is 756 g/mol. The highest BCUT2D eigenvalue weighted by atomic mass is 16.6. The van der Waals surface area contributed by atoms with Gasteiger partial charge in [-0.2, -0.15) is 0 Å². The van der Waals surface area contributed by atoms with Crippen LogP contribution in [-0.2, 0) is 47.7 Å². The Hall–Kier alpha value is -4.36. The molecule has 1 aromatic rings. The van der Waals surface area contributed by atoms with Crippen molar-refractivity contribution in [3.63, 3.8) is 0 Å². The van der Waals surface area contributed by atoms with Crippen LogP contribution in [0.1, 0.15) is 98.9 Å². The molecule has 13 heteroatoms. The highest BCUT2D eigenvalue weighted by Gasteiger charge is 2.69. The zero-order valence-electron chi connectivity index (χ0n) is 33.0. The molecule has 1 fully saturated rings. The molecular formula is C41H56O13. The summed E-state index contributed by atoms with van der Waals surface area (Å²) in [5, 5.41) is 25.1. The van der Waals surface area contributed by atoms with E-state index in [0.29, 0.717) is 12.8 Å². The second-order valence-corrected chi connectivity index (χ2v) is 15.5. The van der Waals surface area contributed by atoms with Crippen molar-refractivity contribution in [3.8, 4) is 0 Å². The van der Waals surface area contributed by atoms with Crippen molar-refractivity contribution < 1.29 is 62.7 Å². The minimum atomic E-state index is -2.54. The van der Waals surface area contributed by atoms with E-state index < -0.39 is 113 Å². The standard InChI is InChI=1S/C41H56O13/c1-12-22(3)36(46)53-34-29-30(44)25(6)31(50-26(7)42)32(52-38(48)28-17-15-14-16-18-28)35(51-27(8)43)39(9,10)20-19-24(5)33(45)41(29,49)21-40(34,11)54-37(47)23(4)13-2/h14-20,22-24,29-32,34-35,44,49H,6,12-13,21H2,1-5,7-11H3/b20-19+/t22-,23+,24+,29+,30+,31+,32-,34-,35-,40-,41-/m1/s1. The van der Waals surface area contributed by atoms with Gasteiger partial charge in [-0.15, -0.1) is 0 Å². The number of allylic oxidation sites excluding steroid dienone is 1. The number of aliphatic hydroxyl groups is 2. The summed E-state index contributed by atoms with van der Waals surface area (Å²) < 4.78 is 29.6. The number of hydrogen-bond acceptors (Lipinski definition) is 13. The van der Waals surface area contributed by atoms with Gasteiger partial charge in [0.25, 0.3) is 0 Å². The molecule has 0 saturated heterocycles. The van der Waals surface area contributed by atoms with Crippen LogP contribution in [-0.4, -0.2) is 87.6 Å². The van der Waals surface area contributed by atoms with Gasteiger partial charge in [0.15, 0.2) is 30.2 Å². The maximum atomic E-state index is 14.5. The smallest absolute Gasteiger partial charge is 0.338 e. The van der Waals surface area contributed by atoms with E-state index in [1.807, 2.05) is 0 Å². The minimum absolute atomic E-state index is 0.103. The summed E-state index contributed by atoms with van der Waals surface area (Å²) in [6.45, 7) is 19.2. The fourth-order valence-electron chi connectivity index (χ4n) is 7.03. The number of carbonyl (C=O) groups is 6. The van der Waals surface area contributed by atoms with E-state index in [1.165, 1.54) is 32.1 Å². The molecule has 1 aromatic carbocycles. The zero-order chi connectivity index (χ0) is 40.9. The van der Waals surface area contributed by atoms with Gasteiger partial charge < -0.3 is 33.9 Å². The Kier molecular flexibility index (Phi) is 14.2. The number of ketones is 1. The lowest BCUT2D eigenvalue weighted by Gasteiger charge is -2.43. The molecule has 0 heterocycles. The summed E-state index contributed by atoms with van der Waals surface area (Å²) in [4.78, 5) is 80.6. The molecule has 0 aliphatic heterocycles. The van der Waals surface area contributed by atoms with Crippen LogP contribution in [0.2, 0.25) is 0 Å². The second kappa shape index (κ2) is 17.4. The molecule has 0 spiro atoms. The van der Waals surface area contributed by atoms with Crippen molar-refractivity contribution in [1.29, 1.82) is 0 Å². The quantitative estimate of drug-likeness (QED) is 0.188. The molecule has 3 rings (SSSR count).